The van der Waals surface area contributed by atoms with Gasteiger partial charge in [-0.2, -0.15) is 5.26 Å². The van der Waals surface area contributed by atoms with Gasteiger partial charge in [0.25, 0.3) is 0 Å². The molecule has 0 heterocycles. The molecule has 0 radical (unpaired) electrons. The summed E-state index contributed by atoms with van der Waals surface area (Å²) < 4.78 is 6.13. The molecule has 0 bridgehead atoms. The van der Waals surface area contributed by atoms with Crippen molar-refractivity contribution in [3.05, 3.63) is 11.6 Å². The first-order valence-corrected chi connectivity index (χ1v) is 10.2. The summed E-state index contributed by atoms with van der Waals surface area (Å²) in [4.78, 5) is 0. The van der Waals surface area contributed by atoms with Gasteiger partial charge in [-0.05, 0) is 85.9 Å². The van der Waals surface area contributed by atoms with Gasteiger partial charge in [0.05, 0.1) is 18.3 Å². The largest absolute Gasteiger partial charge is 0.393 e. The highest BCUT2D eigenvalue weighted by atomic mass is 16.5. The molecule has 0 aromatic rings. The van der Waals surface area contributed by atoms with Crippen molar-refractivity contribution in [2.75, 3.05) is 7.11 Å². The van der Waals surface area contributed by atoms with Crippen LogP contribution in [0.25, 0.3) is 0 Å². The zero-order chi connectivity index (χ0) is 17.8. The van der Waals surface area contributed by atoms with Gasteiger partial charge in [-0.3, -0.25) is 0 Å². The Kier molecular flexibility index (Phi) is 4.28. The lowest BCUT2D eigenvalue weighted by atomic mass is 9.44. The number of allylic oxidation sites excluding steroid dienone is 2. The SMILES string of the molecule is CO[C@H]1CC2(C)/C(=C\C#N)CC[C@H]2C2CCC3C[C@H](O)CCC3(C)[C@H]21. The maximum Gasteiger partial charge on any atom is 0.0911 e. The number of aliphatic hydroxyl groups is 1. The van der Waals surface area contributed by atoms with Crippen molar-refractivity contribution in [2.24, 2.45) is 34.5 Å². The Balaban J connectivity index is 1.71. The van der Waals surface area contributed by atoms with Gasteiger partial charge >= 0.3 is 0 Å². The van der Waals surface area contributed by atoms with E-state index in [0.717, 1.165) is 32.1 Å². The normalized spacial score (nSPS) is 53.6. The summed E-state index contributed by atoms with van der Waals surface area (Å²) in [6.45, 7) is 4.89. The molecule has 4 aliphatic rings. The molecule has 1 N–H and O–H groups in total. The van der Waals surface area contributed by atoms with Crippen LogP contribution in [0.5, 0.6) is 0 Å². The standard InChI is InChI=1S/C22H33NO2/c1-21-10-8-16(24)12-15(21)4-6-17-18-7-5-14(9-11-23)22(18,2)13-19(25-3)20(17)21/h9,15-20,24H,4-8,10,12-13H2,1-3H3/b14-9-/t15?,16-,17?,18+,19+,20-,21?,22?/m1/s1. The average molecular weight is 344 g/mol. The maximum absolute atomic E-state index is 10.2. The average Bonchev–Trinajstić information content (AvgIpc) is 2.91. The molecule has 0 aliphatic heterocycles. The van der Waals surface area contributed by atoms with Gasteiger partial charge in [0.2, 0.25) is 0 Å². The zero-order valence-corrected chi connectivity index (χ0v) is 16.0. The fraction of sp³-hybridized carbons (Fsp3) is 0.864. The van der Waals surface area contributed by atoms with Crippen LogP contribution < -0.4 is 0 Å². The van der Waals surface area contributed by atoms with E-state index in [2.05, 4.69) is 19.9 Å². The van der Waals surface area contributed by atoms with E-state index in [9.17, 15) is 10.4 Å². The summed E-state index contributed by atoms with van der Waals surface area (Å²) in [7, 11) is 1.89. The third-order valence-corrected chi connectivity index (χ3v) is 8.94. The summed E-state index contributed by atoms with van der Waals surface area (Å²) in [5, 5.41) is 19.4. The molecule has 8 atom stereocenters. The lowest BCUT2D eigenvalue weighted by Crippen LogP contribution is -2.58. The van der Waals surface area contributed by atoms with Crippen LogP contribution in [0.3, 0.4) is 0 Å². The van der Waals surface area contributed by atoms with E-state index in [4.69, 9.17) is 4.74 Å². The third-order valence-electron chi connectivity index (χ3n) is 8.94. The molecule has 0 spiro atoms. The molecule has 25 heavy (non-hydrogen) atoms. The predicted molar refractivity (Wildman–Crippen MR) is 97.6 cm³/mol. The highest BCUT2D eigenvalue weighted by molar-refractivity contribution is 5.29. The van der Waals surface area contributed by atoms with E-state index in [1.165, 1.54) is 24.8 Å². The van der Waals surface area contributed by atoms with Crippen molar-refractivity contribution < 1.29 is 9.84 Å². The summed E-state index contributed by atoms with van der Waals surface area (Å²) in [5.74, 6) is 2.68. The van der Waals surface area contributed by atoms with Gasteiger partial charge in [-0.1, -0.05) is 19.4 Å². The Morgan fingerprint density at radius 3 is 2.76 bits per heavy atom. The van der Waals surface area contributed by atoms with Crippen molar-refractivity contribution in [2.45, 2.75) is 77.4 Å². The van der Waals surface area contributed by atoms with Crippen LogP contribution in [0.4, 0.5) is 0 Å². The number of aliphatic hydroxyl groups excluding tert-OH is 1. The molecule has 4 saturated carbocycles. The van der Waals surface area contributed by atoms with Crippen LogP contribution in [0.2, 0.25) is 0 Å². The minimum Gasteiger partial charge on any atom is -0.393 e. The Morgan fingerprint density at radius 1 is 1.24 bits per heavy atom. The Morgan fingerprint density at radius 2 is 2.04 bits per heavy atom. The molecular weight excluding hydrogens is 310 g/mol. The maximum atomic E-state index is 10.2. The van der Waals surface area contributed by atoms with E-state index in [0.29, 0.717) is 29.1 Å². The van der Waals surface area contributed by atoms with Gasteiger partial charge in [0.15, 0.2) is 0 Å². The van der Waals surface area contributed by atoms with Gasteiger partial charge in [0, 0.05) is 13.2 Å². The monoisotopic (exact) mass is 343 g/mol. The molecule has 4 fully saturated rings. The first-order chi connectivity index (χ1) is 11.9. The van der Waals surface area contributed by atoms with Crippen LogP contribution in [-0.4, -0.2) is 24.4 Å². The van der Waals surface area contributed by atoms with Crippen molar-refractivity contribution in [1.82, 2.24) is 0 Å². The van der Waals surface area contributed by atoms with Crippen molar-refractivity contribution in [3.8, 4) is 6.07 Å². The fourth-order valence-electron chi connectivity index (χ4n) is 7.71. The molecule has 0 aromatic heterocycles. The third kappa shape index (κ3) is 2.44. The van der Waals surface area contributed by atoms with E-state index in [1.54, 1.807) is 0 Å². The Labute approximate surface area is 152 Å². The van der Waals surface area contributed by atoms with Gasteiger partial charge in [-0.15, -0.1) is 0 Å². The number of nitriles is 1. The number of ether oxygens (including phenoxy) is 1. The Hall–Kier alpha value is -0.850. The van der Waals surface area contributed by atoms with Crippen molar-refractivity contribution in [3.63, 3.8) is 0 Å². The predicted octanol–water partition coefficient (Wildman–Crippen LogP) is 4.46. The lowest BCUT2D eigenvalue weighted by molar-refractivity contribution is -0.175. The summed E-state index contributed by atoms with van der Waals surface area (Å²) in [6.07, 6.45) is 11.0. The molecule has 0 amide bonds. The second-order valence-corrected chi connectivity index (χ2v) is 9.74. The molecule has 0 saturated heterocycles. The fourth-order valence-corrected chi connectivity index (χ4v) is 7.71. The first-order valence-electron chi connectivity index (χ1n) is 10.2. The molecule has 4 unspecified atom stereocenters. The summed E-state index contributed by atoms with van der Waals surface area (Å²) in [5.41, 5.74) is 1.83. The van der Waals surface area contributed by atoms with Crippen LogP contribution in [0, 0.1) is 45.8 Å². The molecule has 3 heteroatoms. The minimum atomic E-state index is -0.0962. The molecule has 4 rings (SSSR count). The van der Waals surface area contributed by atoms with Crippen LogP contribution in [0.15, 0.2) is 11.6 Å². The van der Waals surface area contributed by atoms with Gasteiger partial charge in [0.1, 0.15) is 0 Å². The molecule has 3 nitrogen and oxygen atoms in total. The first kappa shape index (κ1) is 17.6. The smallest absolute Gasteiger partial charge is 0.0911 e. The zero-order valence-electron chi connectivity index (χ0n) is 16.0. The highest BCUT2D eigenvalue weighted by Gasteiger charge is 2.62. The van der Waals surface area contributed by atoms with Crippen molar-refractivity contribution in [1.29, 1.82) is 5.26 Å². The second-order valence-electron chi connectivity index (χ2n) is 9.74. The van der Waals surface area contributed by atoms with Crippen LogP contribution in [0.1, 0.15) is 65.2 Å². The molecule has 4 aliphatic carbocycles. The number of hydrogen-bond donors (Lipinski definition) is 1. The molecule has 138 valence electrons. The molecular formula is C22H33NO2. The number of rotatable bonds is 1. The topological polar surface area (TPSA) is 53.2 Å². The number of fused-ring (bicyclic) bond motifs is 5. The van der Waals surface area contributed by atoms with Gasteiger partial charge < -0.3 is 9.84 Å². The van der Waals surface area contributed by atoms with E-state index < -0.39 is 0 Å². The second kappa shape index (κ2) is 6.10. The quantitative estimate of drug-likeness (QED) is 0.715. The Bertz CT molecular complexity index is 608. The minimum absolute atomic E-state index is 0.0962. The highest BCUT2D eigenvalue weighted by Crippen LogP contribution is 2.67. The van der Waals surface area contributed by atoms with Crippen LogP contribution in [-0.2, 0) is 4.74 Å². The number of hydrogen-bond acceptors (Lipinski definition) is 3. The summed E-state index contributed by atoms with van der Waals surface area (Å²) in [6, 6.07) is 2.30. The number of nitrogens with zero attached hydrogens (tertiary/aromatic N) is 1. The van der Waals surface area contributed by atoms with E-state index in [1.807, 2.05) is 13.2 Å². The molecule has 0 aromatic carbocycles. The van der Waals surface area contributed by atoms with E-state index >= 15 is 0 Å². The lowest BCUT2D eigenvalue weighted by Gasteiger charge is -2.62. The number of methoxy groups -OCH3 is 1. The van der Waals surface area contributed by atoms with E-state index in [-0.39, 0.29) is 17.6 Å². The summed E-state index contributed by atoms with van der Waals surface area (Å²) >= 11 is 0. The van der Waals surface area contributed by atoms with Crippen LogP contribution >= 0.6 is 0 Å². The van der Waals surface area contributed by atoms with Crippen molar-refractivity contribution >= 4 is 0 Å². The van der Waals surface area contributed by atoms with Gasteiger partial charge in [-0.25, -0.2) is 0 Å².